The minimum absolute atomic E-state index is 0.146. The van der Waals surface area contributed by atoms with Gasteiger partial charge in [0.25, 0.3) is 0 Å². The predicted octanol–water partition coefficient (Wildman–Crippen LogP) is 5.32. The van der Waals surface area contributed by atoms with Crippen LogP contribution < -0.4 is 4.74 Å². The fourth-order valence-electron chi connectivity index (χ4n) is 4.44. The van der Waals surface area contributed by atoms with Crippen LogP contribution in [0.3, 0.4) is 0 Å². The second-order valence-electron chi connectivity index (χ2n) is 8.77. The Morgan fingerprint density at radius 1 is 0.971 bits per heavy atom. The van der Waals surface area contributed by atoms with E-state index >= 15 is 0 Å². The molecular formula is C28H27FO5. The smallest absolute Gasteiger partial charge is 0.146 e. The number of aliphatic hydroxyl groups excluding tert-OH is 2. The largest absolute Gasteiger partial charge is 0.486 e. The molecule has 2 heterocycles. The van der Waals surface area contributed by atoms with E-state index in [9.17, 15) is 14.6 Å². The first-order chi connectivity index (χ1) is 16.6. The summed E-state index contributed by atoms with van der Waals surface area (Å²) in [6, 6.07) is 22.3. The van der Waals surface area contributed by atoms with E-state index < -0.39 is 12.2 Å². The van der Waals surface area contributed by atoms with Crippen molar-refractivity contribution >= 4 is 11.0 Å². The first-order valence-corrected chi connectivity index (χ1v) is 11.5. The number of halogens is 1. The van der Waals surface area contributed by atoms with Gasteiger partial charge in [0.05, 0.1) is 24.9 Å². The van der Waals surface area contributed by atoms with Crippen LogP contribution in [0.5, 0.6) is 5.75 Å². The molecule has 1 aromatic heterocycles. The molecule has 2 N–H and O–H groups in total. The molecule has 0 amide bonds. The van der Waals surface area contributed by atoms with Crippen LogP contribution in [-0.4, -0.2) is 29.0 Å². The Morgan fingerprint density at radius 3 is 2.59 bits per heavy atom. The summed E-state index contributed by atoms with van der Waals surface area (Å²) in [5.74, 6) is 1.17. The highest BCUT2D eigenvalue weighted by Crippen LogP contribution is 2.33. The lowest BCUT2D eigenvalue weighted by Crippen LogP contribution is -2.33. The van der Waals surface area contributed by atoms with Gasteiger partial charge in [-0.05, 0) is 53.1 Å². The van der Waals surface area contributed by atoms with Gasteiger partial charge in [0, 0.05) is 24.6 Å². The van der Waals surface area contributed by atoms with Crippen molar-refractivity contribution in [2.24, 2.45) is 0 Å². The average molecular weight is 463 g/mol. The van der Waals surface area contributed by atoms with Gasteiger partial charge in [-0.25, -0.2) is 4.39 Å². The number of rotatable bonds is 7. The maximum atomic E-state index is 14.6. The lowest BCUT2D eigenvalue weighted by atomic mass is 9.94. The van der Waals surface area contributed by atoms with Crippen molar-refractivity contribution in [3.05, 3.63) is 101 Å². The second kappa shape index (κ2) is 9.97. The van der Waals surface area contributed by atoms with Gasteiger partial charge in [0.1, 0.15) is 29.5 Å². The van der Waals surface area contributed by atoms with Gasteiger partial charge >= 0.3 is 0 Å². The Kier molecular flexibility index (Phi) is 6.63. The molecule has 3 aromatic carbocycles. The van der Waals surface area contributed by atoms with Crippen molar-refractivity contribution in [1.29, 1.82) is 0 Å². The van der Waals surface area contributed by atoms with Gasteiger partial charge in [-0.3, -0.25) is 0 Å². The van der Waals surface area contributed by atoms with Gasteiger partial charge < -0.3 is 24.1 Å². The van der Waals surface area contributed by atoms with Crippen LogP contribution in [0, 0.1) is 5.82 Å². The van der Waals surface area contributed by atoms with Crippen molar-refractivity contribution < 1.29 is 28.5 Å². The molecule has 0 unspecified atom stereocenters. The third-order valence-corrected chi connectivity index (χ3v) is 6.20. The number of ether oxygens (including phenoxy) is 2. The SMILES string of the molecule is OC[C@@H]1C[C@H](O)C[C@H](c2ccc(F)c(Cc3ccc(OCc4cc5ccccc5o4)cc3)c2)O1. The Hall–Kier alpha value is -3.19. The Bertz CT molecular complexity index is 1220. The van der Waals surface area contributed by atoms with Crippen LogP contribution in [0.1, 0.15) is 41.4 Å². The number of furan rings is 1. The molecule has 0 aliphatic carbocycles. The van der Waals surface area contributed by atoms with Crippen molar-refractivity contribution in [2.75, 3.05) is 6.61 Å². The summed E-state index contributed by atoms with van der Waals surface area (Å²) in [5, 5.41) is 20.6. The maximum absolute atomic E-state index is 14.6. The zero-order valence-corrected chi connectivity index (χ0v) is 18.7. The standard InChI is InChI=1S/C28H27FO5/c29-26-10-7-20(28-15-22(31)14-24(16-30)33-28)12-21(26)11-18-5-8-23(9-6-18)32-17-25-13-19-3-1-2-4-27(19)34-25/h1-10,12-13,22,24,28,30-31H,11,14-17H2/t22-,24-,28+/m0/s1. The molecule has 3 atom stereocenters. The van der Waals surface area contributed by atoms with Gasteiger partial charge in [0.2, 0.25) is 0 Å². The molecule has 34 heavy (non-hydrogen) atoms. The molecule has 6 heteroatoms. The van der Waals surface area contributed by atoms with Crippen molar-refractivity contribution in [2.45, 2.75) is 44.2 Å². The third kappa shape index (κ3) is 5.14. The van der Waals surface area contributed by atoms with Crippen LogP contribution in [0.4, 0.5) is 4.39 Å². The highest BCUT2D eigenvalue weighted by atomic mass is 19.1. The van der Waals surface area contributed by atoms with E-state index in [0.29, 0.717) is 37.2 Å². The Balaban J connectivity index is 1.24. The van der Waals surface area contributed by atoms with Crippen LogP contribution in [0.25, 0.3) is 11.0 Å². The number of hydrogen-bond acceptors (Lipinski definition) is 5. The lowest BCUT2D eigenvalue weighted by Gasteiger charge is -2.32. The molecule has 0 saturated carbocycles. The second-order valence-corrected chi connectivity index (χ2v) is 8.77. The molecule has 1 fully saturated rings. The van der Waals surface area contributed by atoms with E-state index in [-0.39, 0.29) is 18.5 Å². The predicted molar refractivity (Wildman–Crippen MR) is 126 cm³/mol. The Labute approximate surface area is 197 Å². The van der Waals surface area contributed by atoms with Crippen molar-refractivity contribution in [3.63, 3.8) is 0 Å². The van der Waals surface area contributed by atoms with Gasteiger partial charge in [0.15, 0.2) is 0 Å². The highest BCUT2D eigenvalue weighted by molar-refractivity contribution is 5.77. The summed E-state index contributed by atoms with van der Waals surface area (Å²) in [6.07, 6.45) is -0.0625. The van der Waals surface area contributed by atoms with Gasteiger partial charge in [-0.1, -0.05) is 36.4 Å². The highest BCUT2D eigenvalue weighted by Gasteiger charge is 2.29. The van der Waals surface area contributed by atoms with E-state index in [1.54, 1.807) is 12.1 Å². The molecule has 4 aromatic rings. The molecule has 5 rings (SSSR count). The number of aliphatic hydroxyl groups is 2. The summed E-state index contributed by atoms with van der Waals surface area (Å²) >= 11 is 0. The van der Waals surface area contributed by atoms with Gasteiger partial charge in [-0.15, -0.1) is 0 Å². The molecule has 0 spiro atoms. The fraction of sp³-hybridized carbons (Fsp3) is 0.286. The normalized spacial score (nSPS) is 20.5. The van der Waals surface area contributed by atoms with E-state index in [4.69, 9.17) is 13.9 Å². The van der Waals surface area contributed by atoms with Crippen LogP contribution in [0.2, 0.25) is 0 Å². The summed E-state index contributed by atoms with van der Waals surface area (Å²) in [4.78, 5) is 0. The molecular weight excluding hydrogens is 435 g/mol. The van der Waals surface area contributed by atoms with E-state index in [1.165, 1.54) is 6.07 Å². The first-order valence-electron chi connectivity index (χ1n) is 11.5. The first kappa shape index (κ1) is 22.6. The molecule has 1 saturated heterocycles. The summed E-state index contributed by atoms with van der Waals surface area (Å²) < 4.78 is 32.1. The Morgan fingerprint density at radius 2 is 1.79 bits per heavy atom. The molecule has 1 aliphatic heterocycles. The molecule has 0 bridgehead atoms. The monoisotopic (exact) mass is 462 g/mol. The van der Waals surface area contributed by atoms with Crippen molar-refractivity contribution in [1.82, 2.24) is 0 Å². The van der Waals surface area contributed by atoms with Crippen LogP contribution in [-0.2, 0) is 17.8 Å². The number of fused-ring (bicyclic) bond motifs is 1. The third-order valence-electron chi connectivity index (χ3n) is 6.20. The quantitative estimate of drug-likeness (QED) is 0.389. The molecule has 5 nitrogen and oxygen atoms in total. The minimum Gasteiger partial charge on any atom is -0.486 e. The van der Waals surface area contributed by atoms with E-state index in [1.807, 2.05) is 54.6 Å². The molecule has 0 radical (unpaired) electrons. The topological polar surface area (TPSA) is 72.1 Å². The number of benzene rings is 3. The lowest BCUT2D eigenvalue weighted by molar-refractivity contribution is -0.113. The summed E-state index contributed by atoms with van der Waals surface area (Å²) in [5.41, 5.74) is 3.14. The van der Waals surface area contributed by atoms with Crippen LogP contribution in [0.15, 0.2) is 77.2 Å². The zero-order valence-electron chi connectivity index (χ0n) is 18.7. The molecule has 1 aliphatic rings. The minimum atomic E-state index is -0.545. The van der Waals surface area contributed by atoms with E-state index in [2.05, 4.69) is 0 Å². The van der Waals surface area contributed by atoms with Crippen LogP contribution >= 0.6 is 0 Å². The molecule has 176 valence electrons. The fourth-order valence-corrected chi connectivity index (χ4v) is 4.44. The number of hydrogen-bond donors (Lipinski definition) is 2. The van der Waals surface area contributed by atoms with E-state index in [0.717, 1.165) is 27.9 Å². The average Bonchev–Trinajstić information content (AvgIpc) is 3.27. The summed E-state index contributed by atoms with van der Waals surface area (Å²) in [7, 11) is 0. The summed E-state index contributed by atoms with van der Waals surface area (Å²) in [6.45, 7) is 0.180. The maximum Gasteiger partial charge on any atom is 0.146 e. The van der Waals surface area contributed by atoms with Crippen molar-refractivity contribution in [3.8, 4) is 5.75 Å². The number of para-hydroxylation sites is 1. The van der Waals surface area contributed by atoms with Gasteiger partial charge in [-0.2, -0.15) is 0 Å². The zero-order chi connectivity index (χ0) is 23.5.